The van der Waals surface area contributed by atoms with E-state index in [4.69, 9.17) is 4.74 Å². The van der Waals surface area contributed by atoms with Crippen molar-refractivity contribution in [2.75, 3.05) is 5.32 Å². The number of rotatable bonds is 5. The Kier molecular flexibility index (Phi) is 5.66. The quantitative estimate of drug-likeness (QED) is 0.298. The minimum atomic E-state index is -4.41. The highest BCUT2D eigenvalue weighted by molar-refractivity contribution is 6.03. The topological polar surface area (TPSA) is 79.9 Å². The molecule has 0 fully saturated rings. The summed E-state index contributed by atoms with van der Waals surface area (Å²) in [5.74, 6) is 0.784. The SMILES string of the molecule is O=C(Nc1ccc(Oc2ccnc3[nH]ccc23)cc1)c1cc(-c2ccc(C(F)(F)F)cc2)ccn1. The normalized spacial score (nSPS) is 11.4. The van der Waals surface area contributed by atoms with Crippen molar-refractivity contribution >= 4 is 22.6 Å². The summed E-state index contributed by atoms with van der Waals surface area (Å²) >= 11 is 0. The molecule has 0 spiro atoms. The molecule has 0 aliphatic carbocycles. The van der Waals surface area contributed by atoms with Gasteiger partial charge >= 0.3 is 6.18 Å². The molecule has 2 N–H and O–H groups in total. The third kappa shape index (κ3) is 4.84. The van der Waals surface area contributed by atoms with E-state index >= 15 is 0 Å². The first-order chi connectivity index (χ1) is 16.9. The van der Waals surface area contributed by atoms with Crippen LogP contribution in [0, 0.1) is 0 Å². The minimum absolute atomic E-state index is 0.134. The van der Waals surface area contributed by atoms with E-state index < -0.39 is 17.6 Å². The summed E-state index contributed by atoms with van der Waals surface area (Å²) < 4.78 is 44.4. The van der Waals surface area contributed by atoms with Gasteiger partial charge in [-0.15, -0.1) is 0 Å². The average Bonchev–Trinajstić information content (AvgIpc) is 3.35. The van der Waals surface area contributed by atoms with Crippen LogP contribution in [0.2, 0.25) is 0 Å². The summed E-state index contributed by atoms with van der Waals surface area (Å²) in [5, 5.41) is 3.61. The lowest BCUT2D eigenvalue weighted by Gasteiger charge is -2.10. The Hall–Kier alpha value is -4.66. The molecule has 0 radical (unpaired) electrons. The van der Waals surface area contributed by atoms with Crippen molar-refractivity contribution in [2.24, 2.45) is 0 Å². The van der Waals surface area contributed by atoms with E-state index in [1.807, 2.05) is 6.07 Å². The first-order valence-corrected chi connectivity index (χ1v) is 10.5. The van der Waals surface area contributed by atoms with Crippen LogP contribution >= 0.6 is 0 Å². The van der Waals surface area contributed by atoms with Crippen molar-refractivity contribution in [1.82, 2.24) is 15.0 Å². The number of aromatic amines is 1. The molecule has 3 aromatic heterocycles. The van der Waals surface area contributed by atoms with Crippen LogP contribution in [0.3, 0.4) is 0 Å². The van der Waals surface area contributed by atoms with Gasteiger partial charge in [0.05, 0.1) is 10.9 Å². The number of carbonyl (C=O) groups is 1. The number of anilines is 1. The first kappa shape index (κ1) is 22.1. The molecular formula is C26H17F3N4O2. The highest BCUT2D eigenvalue weighted by Gasteiger charge is 2.30. The number of hydrogen-bond acceptors (Lipinski definition) is 4. The Bertz CT molecular complexity index is 1490. The highest BCUT2D eigenvalue weighted by atomic mass is 19.4. The van der Waals surface area contributed by atoms with Gasteiger partial charge in [0.25, 0.3) is 5.91 Å². The Morgan fingerprint density at radius 2 is 1.60 bits per heavy atom. The van der Waals surface area contributed by atoms with Crippen LogP contribution in [-0.4, -0.2) is 20.9 Å². The largest absolute Gasteiger partial charge is 0.457 e. The van der Waals surface area contributed by atoms with Gasteiger partial charge in [0.2, 0.25) is 0 Å². The van der Waals surface area contributed by atoms with Gasteiger partial charge in [-0.3, -0.25) is 9.78 Å². The van der Waals surface area contributed by atoms with Gasteiger partial charge in [0, 0.05) is 24.3 Å². The number of aromatic nitrogens is 3. The van der Waals surface area contributed by atoms with Crippen molar-refractivity contribution in [2.45, 2.75) is 6.18 Å². The maximum Gasteiger partial charge on any atom is 0.416 e. The molecule has 0 aliphatic heterocycles. The maximum absolute atomic E-state index is 12.8. The second-order valence-corrected chi connectivity index (χ2v) is 7.63. The molecule has 3 heterocycles. The number of benzene rings is 2. The monoisotopic (exact) mass is 474 g/mol. The van der Waals surface area contributed by atoms with Crippen LogP contribution < -0.4 is 10.1 Å². The smallest absolute Gasteiger partial charge is 0.416 e. The van der Waals surface area contributed by atoms with E-state index in [0.29, 0.717) is 28.3 Å². The number of ether oxygens (including phenoxy) is 1. The molecule has 9 heteroatoms. The zero-order chi connectivity index (χ0) is 24.4. The van der Waals surface area contributed by atoms with Crippen LogP contribution in [0.4, 0.5) is 18.9 Å². The molecule has 174 valence electrons. The lowest BCUT2D eigenvalue weighted by Crippen LogP contribution is -2.13. The third-order valence-electron chi connectivity index (χ3n) is 5.30. The van der Waals surface area contributed by atoms with Gasteiger partial charge in [-0.1, -0.05) is 12.1 Å². The number of alkyl halides is 3. The zero-order valence-corrected chi connectivity index (χ0v) is 18.0. The van der Waals surface area contributed by atoms with Crippen molar-refractivity contribution in [3.05, 3.63) is 103 Å². The maximum atomic E-state index is 12.8. The van der Waals surface area contributed by atoms with Crippen molar-refractivity contribution in [3.63, 3.8) is 0 Å². The zero-order valence-electron chi connectivity index (χ0n) is 18.0. The van der Waals surface area contributed by atoms with E-state index in [1.54, 1.807) is 48.8 Å². The van der Waals surface area contributed by atoms with Gasteiger partial charge in [0.1, 0.15) is 22.8 Å². The first-order valence-electron chi connectivity index (χ1n) is 10.5. The number of halogens is 3. The fraction of sp³-hybridized carbons (Fsp3) is 0.0385. The summed E-state index contributed by atoms with van der Waals surface area (Å²) in [7, 11) is 0. The van der Waals surface area contributed by atoms with E-state index in [9.17, 15) is 18.0 Å². The number of amides is 1. The van der Waals surface area contributed by atoms with Gasteiger partial charge in [-0.2, -0.15) is 13.2 Å². The van der Waals surface area contributed by atoms with Crippen LogP contribution in [-0.2, 0) is 6.18 Å². The Balaban J connectivity index is 1.28. The summed E-state index contributed by atoms with van der Waals surface area (Å²) in [6.07, 6.45) is 0.461. The summed E-state index contributed by atoms with van der Waals surface area (Å²) in [4.78, 5) is 24.1. The van der Waals surface area contributed by atoms with Crippen molar-refractivity contribution in [1.29, 1.82) is 0 Å². The molecular weight excluding hydrogens is 457 g/mol. The fourth-order valence-electron chi connectivity index (χ4n) is 3.54. The lowest BCUT2D eigenvalue weighted by molar-refractivity contribution is -0.137. The second-order valence-electron chi connectivity index (χ2n) is 7.63. The minimum Gasteiger partial charge on any atom is -0.457 e. The fourth-order valence-corrected chi connectivity index (χ4v) is 3.54. The molecule has 0 saturated heterocycles. The van der Waals surface area contributed by atoms with Crippen LogP contribution in [0.5, 0.6) is 11.5 Å². The predicted octanol–water partition coefficient (Wildman–Crippen LogP) is 6.69. The average molecular weight is 474 g/mol. The Labute approximate surface area is 197 Å². The molecule has 0 atom stereocenters. The molecule has 0 aliphatic rings. The Morgan fingerprint density at radius 3 is 2.34 bits per heavy atom. The second kappa shape index (κ2) is 8.94. The summed E-state index contributed by atoms with van der Waals surface area (Å²) in [6, 6.07) is 18.4. The molecule has 5 aromatic rings. The standard InChI is InChI=1S/C26H17F3N4O2/c27-26(28,29)18-3-1-16(2-4-18)17-9-12-30-22(15-17)25(34)33-19-5-7-20(8-6-19)35-23-11-14-32-24-21(23)10-13-31-24/h1-15H,(H,31,32)(H,33,34). The van der Waals surface area contributed by atoms with E-state index in [1.165, 1.54) is 24.4 Å². The van der Waals surface area contributed by atoms with Gasteiger partial charge in [0.15, 0.2) is 0 Å². The van der Waals surface area contributed by atoms with Gasteiger partial charge < -0.3 is 15.0 Å². The third-order valence-corrected chi connectivity index (χ3v) is 5.30. The molecule has 0 saturated carbocycles. The molecule has 1 amide bonds. The number of pyridine rings is 2. The summed E-state index contributed by atoms with van der Waals surface area (Å²) in [6.45, 7) is 0. The summed E-state index contributed by atoms with van der Waals surface area (Å²) in [5.41, 5.74) is 1.78. The molecule has 0 bridgehead atoms. The van der Waals surface area contributed by atoms with Gasteiger partial charge in [-0.05, 0) is 71.8 Å². The molecule has 6 nitrogen and oxygen atoms in total. The van der Waals surface area contributed by atoms with E-state index in [-0.39, 0.29) is 5.69 Å². The number of nitrogens with one attached hydrogen (secondary N) is 2. The van der Waals surface area contributed by atoms with Crippen LogP contribution in [0.1, 0.15) is 16.1 Å². The molecule has 5 rings (SSSR count). The number of carbonyl (C=O) groups excluding carboxylic acids is 1. The lowest BCUT2D eigenvalue weighted by atomic mass is 10.0. The van der Waals surface area contributed by atoms with Gasteiger partial charge in [-0.25, -0.2) is 4.98 Å². The predicted molar refractivity (Wildman–Crippen MR) is 125 cm³/mol. The van der Waals surface area contributed by atoms with E-state index in [0.717, 1.165) is 23.2 Å². The molecule has 0 unspecified atom stereocenters. The van der Waals surface area contributed by atoms with Crippen LogP contribution in [0.25, 0.3) is 22.2 Å². The van der Waals surface area contributed by atoms with E-state index in [2.05, 4.69) is 20.3 Å². The van der Waals surface area contributed by atoms with Crippen LogP contribution in [0.15, 0.2) is 91.4 Å². The number of fused-ring (bicyclic) bond motifs is 1. The molecule has 35 heavy (non-hydrogen) atoms. The number of H-pyrrole nitrogens is 1. The van der Waals surface area contributed by atoms with Crippen molar-refractivity contribution in [3.8, 4) is 22.6 Å². The molecule has 2 aromatic carbocycles. The highest BCUT2D eigenvalue weighted by Crippen LogP contribution is 2.31. The Morgan fingerprint density at radius 1 is 0.857 bits per heavy atom. The number of hydrogen-bond donors (Lipinski definition) is 2. The number of nitrogens with zero attached hydrogens (tertiary/aromatic N) is 2. The van der Waals surface area contributed by atoms with Crippen molar-refractivity contribution < 1.29 is 22.7 Å².